The molecule has 2 aromatic rings. The van der Waals surface area contributed by atoms with Gasteiger partial charge < -0.3 is 5.32 Å². The molecule has 1 aliphatic heterocycles. The number of hydrogen-bond donors (Lipinski definition) is 1. The summed E-state index contributed by atoms with van der Waals surface area (Å²) in [7, 11) is 0. The Morgan fingerprint density at radius 2 is 2.47 bits per heavy atom. The number of thiazole rings is 1. The van der Waals surface area contributed by atoms with Gasteiger partial charge in [-0.05, 0) is 31.5 Å². The first-order chi connectivity index (χ1) is 9.22. The highest BCUT2D eigenvalue weighted by molar-refractivity contribution is 8.01. The molecule has 3 rings (SSSR count). The monoisotopic (exact) mass is 295 g/mol. The summed E-state index contributed by atoms with van der Waals surface area (Å²) in [4.78, 5) is 14.8. The van der Waals surface area contributed by atoms with E-state index in [4.69, 9.17) is 0 Å². The number of hydrogen-bond acceptors (Lipinski definition) is 6. The van der Waals surface area contributed by atoms with Crippen LogP contribution < -0.4 is 5.32 Å². The predicted molar refractivity (Wildman–Crippen MR) is 78.0 cm³/mol. The molecule has 0 amide bonds. The number of nitro groups is 1. The predicted octanol–water partition coefficient (Wildman–Crippen LogP) is 2.91. The lowest BCUT2D eigenvalue weighted by Gasteiger charge is -2.04. The molecule has 0 saturated carbocycles. The van der Waals surface area contributed by atoms with Crippen LogP contribution in [0.5, 0.6) is 0 Å². The van der Waals surface area contributed by atoms with Crippen molar-refractivity contribution in [3.63, 3.8) is 0 Å². The molecule has 5 nitrogen and oxygen atoms in total. The average molecular weight is 295 g/mol. The Hall–Kier alpha value is -1.18. The summed E-state index contributed by atoms with van der Waals surface area (Å²) >= 11 is 3.37. The van der Waals surface area contributed by atoms with Crippen molar-refractivity contribution in [2.75, 3.05) is 18.8 Å². The number of nitro benzene ring substituents is 1. The summed E-state index contributed by atoms with van der Waals surface area (Å²) in [6.07, 6.45) is 1.23. The second-order valence-corrected chi connectivity index (χ2v) is 6.86. The normalized spacial score (nSPS) is 19.1. The zero-order valence-corrected chi connectivity index (χ0v) is 11.8. The van der Waals surface area contributed by atoms with E-state index < -0.39 is 0 Å². The van der Waals surface area contributed by atoms with Crippen molar-refractivity contribution in [3.05, 3.63) is 28.3 Å². The van der Waals surface area contributed by atoms with Gasteiger partial charge in [0, 0.05) is 17.9 Å². The number of benzene rings is 1. The van der Waals surface area contributed by atoms with Crippen LogP contribution in [0.4, 0.5) is 5.69 Å². The van der Waals surface area contributed by atoms with Gasteiger partial charge in [-0.2, -0.15) is 0 Å². The Kier molecular flexibility index (Phi) is 3.67. The van der Waals surface area contributed by atoms with Gasteiger partial charge in [-0.25, -0.2) is 4.98 Å². The fraction of sp³-hybridized carbons (Fsp3) is 0.417. The van der Waals surface area contributed by atoms with Crippen LogP contribution in [-0.4, -0.2) is 28.7 Å². The highest BCUT2D eigenvalue weighted by Crippen LogP contribution is 2.32. The molecular formula is C12H13N3O2S2. The zero-order chi connectivity index (χ0) is 13.2. The largest absolute Gasteiger partial charge is 0.316 e. The van der Waals surface area contributed by atoms with Gasteiger partial charge in [0.25, 0.3) is 5.69 Å². The van der Waals surface area contributed by atoms with Crippen LogP contribution in [-0.2, 0) is 0 Å². The van der Waals surface area contributed by atoms with E-state index >= 15 is 0 Å². The quantitative estimate of drug-likeness (QED) is 0.533. The van der Waals surface area contributed by atoms with Gasteiger partial charge in [0.05, 0.1) is 15.1 Å². The fourth-order valence-electron chi connectivity index (χ4n) is 2.12. The van der Waals surface area contributed by atoms with Gasteiger partial charge in [0.15, 0.2) is 4.34 Å². The van der Waals surface area contributed by atoms with E-state index in [2.05, 4.69) is 10.3 Å². The minimum Gasteiger partial charge on any atom is -0.316 e. The molecule has 0 radical (unpaired) electrons. The highest BCUT2D eigenvalue weighted by atomic mass is 32.2. The number of aromatic nitrogens is 1. The van der Waals surface area contributed by atoms with Crippen LogP contribution in [0.2, 0.25) is 0 Å². The third-order valence-electron chi connectivity index (χ3n) is 3.17. The molecule has 1 fully saturated rings. The molecule has 0 aliphatic carbocycles. The van der Waals surface area contributed by atoms with E-state index in [0.29, 0.717) is 5.92 Å². The lowest BCUT2D eigenvalue weighted by Crippen LogP contribution is -2.10. The molecule has 1 aromatic carbocycles. The van der Waals surface area contributed by atoms with Crippen LogP contribution >= 0.6 is 23.1 Å². The molecular weight excluding hydrogens is 282 g/mol. The molecule has 100 valence electrons. The van der Waals surface area contributed by atoms with E-state index in [1.54, 1.807) is 35.2 Å². The molecule has 0 bridgehead atoms. The first kappa shape index (κ1) is 12.8. The van der Waals surface area contributed by atoms with E-state index in [-0.39, 0.29) is 10.6 Å². The first-order valence-corrected chi connectivity index (χ1v) is 7.91. The summed E-state index contributed by atoms with van der Waals surface area (Å²) in [5.74, 6) is 1.78. The number of thioether (sulfide) groups is 1. The van der Waals surface area contributed by atoms with Crippen molar-refractivity contribution in [2.45, 2.75) is 10.8 Å². The third kappa shape index (κ3) is 2.88. The minimum absolute atomic E-state index is 0.106. The third-order valence-corrected chi connectivity index (χ3v) is 5.58. The first-order valence-electron chi connectivity index (χ1n) is 6.11. The van der Waals surface area contributed by atoms with Crippen LogP contribution in [0.1, 0.15) is 6.42 Å². The van der Waals surface area contributed by atoms with Gasteiger partial charge in [0.2, 0.25) is 0 Å². The Morgan fingerprint density at radius 1 is 1.58 bits per heavy atom. The van der Waals surface area contributed by atoms with Crippen molar-refractivity contribution in [1.82, 2.24) is 10.3 Å². The Morgan fingerprint density at radius 3 is 3.21 bits per heavy atom. The van der Waals surface area contributed by atoms with Crippen molar-refractivity contribution in [2.24, 2.45) is 5.92 Å². The maximum atomic E-state index is 10.7. The van der Waals surface area contributed by atoms with Crippen molar-refractivity contribution < 1.29 is 4.92 Å². The average Bonchev–Trinajstić information content (AvgIpc) is 3.04. The van der Waals surface area contributed by atoms with E-state index in [1.165, 1.54) is 12.5 Å². The molecule has 7 heteroatoms. The van der Waals surface area contributed by atoms with Crippen LogP contribution in [0, 0.1) is 16.0 Å². The molecule has 1 aliphatic rings. The maximum absolute atomic E-state index is 10.7. The SMILES string of the molecule is O=[N+]([O-])c1ccc2sc(SC[C@@H]3CCNC3)nc2c1. The van der Waals surface area contributed by atoms with Crippen molar-refractivity contribution >= 4 is 39.0 Å². The number of nitrogens with zero attached hydrogens (tertiary/aromatic N) is 2. The summed E-state index contributed by atoms with van der Waals surface area (Å²) in [5.41, 5.74) is 0.834. The van der Waals surface area contributed by atoms with Crippen molar-refractivity contribution in [1.29, 1.82) is 0 Å². The lowest BCUT2D eigenvalue weighted by molar-refractivity contribution is -0.384. The number of nitrogens with one attached hydrogen (secondary N) is 1. The maximum Gasteiger partial charge on any atom is 0.271 e. The van der Waals surface area contributed by atoms with E-state index in [9.17, 15) is 10.1 Å². The standard InChI is InChI=1S/C12H13N3O2S2/c16-15(17)9-1-2-11-10(5-9)14-12(19-11)18-7-8-3-4-13-6-8/h1-2,5,8,13H,3-4,6-7H2/t8-/m1/s1. The van der Waals surface area contributed by atoms with Gasteiger partial charge in [-0.1, -0.05) is 11.8 Å². The Bertz CT molecular complexity index is 608. The molecule has 1 N–H and O–H groups in total. The minimum atomic E-state index is -0.379. The summed E-state index contributed by atoms with van der Waals surface area (Å²) in [6.45, 7) is 2.20. The van der Waals surface area contributed by atoms with E-state index in [0.717, 1.165) is 33.4 Å². The van der Waals surface area contributed by atoms with Crippen molar-refractivity contribution in [3.8, 4) is 0 Å². The summed E-state index contributed by atoms with van der Waals surface area (Å²) < 4.78 is 2.01. The van der Waals surface area contributed by atoms with Gasteiger partial charge in [-0.15, -0.1) is 11.3 Å². The number of fused-ring (bicyclic) bond motifs is 1. The molecule has 0 spiro atoms. The number of rotatable bonds is 4. The van der Waals surface area contributed by atoms with Crippen LogP contribution in [0.3, 0.4) is 0 Å². The Labute approximate surface area is 118 Å². The van der Waals surface area contributed by atoms with Gasteiger partial charge in [-0.3, -0.25) is 10.1 Å². The van der Waals surface area contributed by atoms with E-state index in [1.807, 2.05) is 0 Å². The molecule has 1 aromatic heterocycles. The molecule has 2 heterocycles. The molecule has 1 atom stereocenters. The molecule has 1 saturated heterocycles. The molecule has 0 unspecified atom stereocenters. The van der Waals surface area contributed by atoms with Crippen LogP contribution in [0.25, 0.3) is 10.2 Å². The summed E-state index contributed by atoms with van der Waals surface area (Å²) in [6, 6.07) is 4.87. The Balaban J connectivity index is 1.75. The molecule has 19 heavy (non-hydrogen) atoms. The van der Waals surface area contributed by atoms with Crippen LogP contribution in [0.15, 0.2) is 22.5 Å². The second-order valence-electron chi connectivity index (χ2n) is 4.56. The fourth-order valence-corrected chi connectivity index (χ4v) is 4.33. The highest BCUT2D eigenvalue weighted by Gasteiger charge is 2.16. The zero-order valence-electron chi connectivity index (χ0n) is 10.2. The second kappa shape index (κ2) is 5.44. The summed E-state index contributed by atoms with van der Waals surface area (Å²) in [5, 5.41) is 14.1. The number of non-ortho nitro benzene ring substituents is 1. The smallest absolute Gasteiger partial charge is 0.271 e. The lowest BCUT2D eigenvalue weighted by atomic mass is 10.2. The van der Waals surface area contributed by atoms with Gasteiger partial charge >= 0.3 is 0 Å². The topological polar surface area (TPSA) is 68.1 Å². The van der Waals surface area contributed by atoms with Gasteiger partial charge in [0.1, 0.15) is 0 Å².